The van der Waals surface area contributed by atoms with Crippen molar-refractivity contribution in [2.24, 2.45) is 5.92 Å². The first-order chi connectivity index (χ1) is 14.9. The van der Waals surface area contributed by atoms with E-state index < -0.39 is 0 Å². The average Bonchev–Trinajstić information content (AvgIpc) is 3.03. The van der Waals surface area contributed by atoms with E-state index >= 15 is 0 Å². The highest BCUT2D eigenvalue weighted by atomic mass is 16.2. The highest BCUT2D eigenvalue weighted by Gasteiger charge is 2.34. The zero-order valence-electron chi connectivity index (χ0n) is 19.5. The Kier molecular flexibility index (Phi) is 13.3. The second-order valence-corrected chi connectivity index (χ2v) is 8.53. The topological polar surface area (TPSA) is 66.5 Å². The average molecular weight is 429 g/mol. The molecule has 0 unspecified atom stereocenters. The summed E-state index contributed by atoms with van der Waals surface area (Å²) in [5.74, 6) is 2.44. The highest BCUT2D eigenvalue weighted by molar-refractivity contribution is 6.04. The molecule has 5 nitrogen and oxygen atoms in total. The molecule has 0 saturated heterocycles. The van der Waals surface area contributed by atoms with E-state index in [0.717, 1.165) is 76.2 Å². The Morgan fingerprint density at radius 1 is 1.23 bits per heavy atom. The first-order valence-electron chi connectivity index (χ1n) is 11.8. The van der Waals surface area contributed by atoms with Crippen LogP contribution in [0.2, 0.25) is 0 Å². The summed E-state index contributed by atoms with van der Waals surface area (Å²) in [4.78, 5) is 38.5. The third-order valence-electron chi connectivity index (χ3n) is 5.85. The molecular formula is C26H40N2O3. The van der Waals surface area contributed by atoms with E-state index in [1.807, 2.05) is 19.9 Å². The van der Waals surface area contributed by atoms with E-state index in [0.29, 0.717) is 13.0 Å². The van der Waals surface area contributed by atoms with Crippen molar-refractivity contribution in [3.05, 3.63) is 24.3 Å². The lowest BCUT2D eigenvalue weighted by Gasteiger charge is -2.25. The largest absolute Gasteiger partial charge is 0.356 e. The minimum Gasteiger partial charge on any atom is -0.356 e. The lowest BCUT2D eigenvalue weighted by Crippen LogP contribution is -2.40. The smallest absolute Gasteiger partial charge is 0.253 e. The fourth-order valence-corrected chi connectivity index (χ4v) is 3.89. The first-order valence-corrected chi connectivity index (χ1v) is 11.8. The molecule has 1 N–H and O–H groups in total. The normalized spacial score (nSPS) is 16.5. The van der Waals surface area contributed by atoms with Gasteiger partial charge in [0.05, 0.1) is 6.04 Å². The van der Waals surface area contributed by atoms with Gasteiger partial charge in [-0.3, -0.25) is 19.3 Å². The van der Waals surface area contributed by atoms with Crippen LogP contribution in [0.15, 0.2) is 24.3 Å². The number of hydrogen-bond acceptors (Lipinski definition) is 3. The number of imide groups is 1. The van der Waals surface area contributed by atoms with Gasteiger partial charge >= 0.3 is 0 Å². The lowest BCUT2D eigenvalue weighted by atomic mass is 10.0. The molecule has 2 atom stereocenters. The Morgan fingerprint density at radius 3 is 2.71 bits per heavy atom. The number of amides is 3. The maximum atomic E-state index is 12.6. The summed E-state index contributed by atoms with van der Waals surface area (Å²) < 4.78 is 0. The molecule has 0 bridgehead atoms. The quantitative estimate of drug-likeness (QED) is 0.215. The third kappa shape index (κ3) is 10.0. The number of nitrogens with zero attached hydrogens (tertiary/aromatic N) is 1. The Hall–Kier alpha value is -2.35. The van der Waals surface area contributed by atoms with E-state index in [1.165, 1.54) is 4.90 Å². The maximum absolute atomic E-state index is 12.6. The molecule has 1 rings (SSSR count). The molecule has 0 aliphatic carbocycles. The van der Waals surface area contributed by atoms with Gasteiger partial charge in [-0.1, -0.05) is 25.8 Å². The van der Waals surface area contributed by atoms with Crippen LogP contribution < -0.4 is 5.32 Å². The van der Waals surface area contributed by atoms with E-state index in [-0.39, 0.29) is 29.7 Å². The van der Waals surface area contributed by atoms with Crippen LogP contribution in [0, 0.1) is 18.3 Å². The molecule has 0 saturated carbocycles. The molecule has 1 aliphatic heterocycles. The Bertz CT molecular complexity index is 675. The number of carbonyl (C=O) groups excluding carboxylic acids is 3. The van der Waals surface area contributed by atoms with Crippen molar-refractivity contribution in [1.82, 2.24) is 10.2 Å². The van der Waals surface area contributed by atoms with E-state index in [1.54, 1.807) is 6.08 Å². The van der Waals surface area contributed by atoms with Crippen molar-refractivity contribution >= 4 is 17.7 Å². The summed E-state index contributed by atoms with van der Waals surface area (Å²) in [6.45, 7) is 8.19. The number of terminal acetylenes is 1. The van der Waals surface area contributed by atoms with Gasteiger partial charge in [0.25, 0.3) is 5.91 Å². The molecule has 0 aromatic carbocycles. The van der Waals surface area contributed by atoms with Crippen LogP contribution in [-0.2, 0) is 14.4 Å². The molecule has 0 radical (unpaired) electrons. The minimum absolute atomic E-state index is 0.00463. The van der Waals surface area contributed by atoms with E-state index in [2.05, 4.69) is 17.8 Å². The summed E-state index contributed by atoms with van der Waals surface area (Å²) in [7, 11) is 0. The van der Waals surface area contributed by atoms with Gasteiger partial charge < -0.3 is 5.32 Å². The van der Waals surface area contributed by atoms with Gasteiger partial charge in [0.1, 0.15) is 0 Å². The predicted molar refractivity (Wildman–Crippen MR) is 126 cm³/mol. The van der Waals surface area contributed by atoms with Crippen LogP contribution in [-0.4, -0.2) is 35.2 Å². The summed E-state index contributed by atoms with van der Waals surface area (Å²) in [6, 6.07) is -0.140. The SMILES string of the molecule is C#CCCCC[C@H](C)C(=O)NCCCC[C@H]1C(C)=CC(=O)N1C(=O)CCCCCC=C. The Labute approximate surface area is 188 Å². The Balaban J connectivity index is 2.32. The zero-order valence-corrected chi connectivity index (χ0v) is 19.5. The molecule has 0 fully saturated rings. The van der Waals surface area contributed by atoms with Gasteiger partial charge in [-0.15, -0.1) is 18.9 Å². The van der Waals surface area contributed by atoms with Crippen LogP contribution in [0.25, 0.3) is 0 Å². The fourth-order valence-electron chi connectivity index (χ4n) is 3.89. The second-order valence-electron chi connectivity index (χ2n) is 8.53. The van der Waals surface area contributed by atoms with Gasteiger partial charge in [-0.25, -0.2) is 0 Å². The molecule has 0 spiro atoms. The van der Waals surface area contributed by atoms with Gasteiger partial charge in [0.2, 0.25) is 11.8 Å². The van der Waals surface area contributed by atoms with Crippen molar-refractivity contribution in [2.75, 3.05) is 6.54 Å². The van der Waals surface area contributed by atoms with Crippen molar-refractivity contribution in [2.45, 2.75) is 96.9 Å². The summed E-state index contributed by atoms with van der Waals surface area (Å²) >= 11 is 0. The van der Waals surface area contributed by atoms with Crippen molar-refractivity contribution < 1.29 is 14.4 Å². The first kappa shape index (κ1) is 26.7. The molecular weight excluding hydrogens is 388 g/mol. The molecule has 31 heavy (non-hydrogen) atoms. The van der Waals surface area contributed by atoms with Gasteiger partial charge in [0.15, 0.2) is 0 Å². The number of rotatable bonds is 16. The molecule has 3 amide bonds. The van der Waals surface area contributed by atoms with Crippen LogP contribution in [0.4, 0.5) is 0 Å². The lowest BCUT2D eigenvalue weighted by molar-refractivity contribution is -0.142. The van der Waals surface area contributed by atoms with Crippen molar-refractivity contribution in [1.29, 1.82) is 0 Å². The van der Waals surface area contributed by atoms with Gasteiger partial charge in [-0.05, 0) is 63.9 Å². The molecule has 172 valence electrons. The van der Waals surface area contributed by atoms with Gasteiger partial charge in [-0.2, -0.15) is 0 Å². The number of unbranched alkanes of at least 4 members (excludes halogenated alkanes) is 6. The monoisotopic (exact) mass is 428 g/mol. The summed E-state index contributed by atoms with van der Waals surface area (Å²) in [5, 5.41) is 3.00. The number of hydrogen-bond donors (Lipinski definition) is 1. The van der Waals surface area contributed by atoms with Crippen LogP contribution >= 0.6 is 0 Å². The fraction of sp³-hybridized carbons (Fsp3) is 0.654. The van der Waals surface area contributed by atoms with Crippen LogP contribution in [0.5, 0.6) is 0 Å². The minimum atomic E-state index is -0.189. The summed E-state index contributed by atoms with van der Waals surface area (Å²) in [6.07, 6.45) is 18.9. The predicted octanol–water partition coefficient (Wildman–Crippen LogP) is 4.92. The van der Waals surface area contributed by atoms with E-state index in [9.17, 15) is 14.4 Å². The van der Waals surface area contributed by atoms with E-state index in [4.69, 9.17) is 6.42 Å². The molecule has 0 aromatic heterocycles. The summed E-state index contributed by atoms with van der Waals surface area (Å²) in [5.41, 5.74) is 0.953. The Morgan fingerprint density at radius 2 is 2.00 bits per heavy atom. The van der Waals surface area contributed by atoms with Crippen LogP contribution in [0.1, 0.15) is 90.9 Å². The van der Waals surface area contributed by atoms with Crippen molar-refractivity contribution in [3.8, 4) is 12.3 Å². The van der Waals surface area contributed by atoms with Crippen LogP contribution in [0.3, 0.4) is 0 Å². The molecule has 5 heteroatoms. The zero-order chi connectivity index (χ0) is 23.1. The highest BCUT2D eigenvalue weighted by Crippen LogP contribution is 2.25. The number of nitrogens with one attached hydrogen (secondary N) is 1. The third-order valence-corrected chi connectivity index (χ3v) is 5.85. The number of carbonyl (C=O) groups is 3. The molecule has 1 heterocycles. The maximum Gasteiger partial charge on any atom is 0.253 e. The standard InChI is InChI=1S/C26H40N2O3/c1-5-7-9-11-13-18-24(29)28-23(22(4)20-25(28)30)17-14-15-19-27-26(31)21(3)16-12-10-8-6-2/h2,5,20-21,23H,1,7-19H2,3-4H3,(H,27,31)/t21-,23-/m0/s1. The van der Waals surface area contributed by atoms with Crippen molar-refractivity contribution in [3.63, 3.8) is 0 Å². The molecule has 0 aromatic rings. The molecule has 1 aliphatic rings. The number of allylic oxidation sites excluding steroid dienone is 1. The van der Waals surface area contributed by atoms with Gasteiger partial charge in [0, 0.05) is 31.4 Å². The second kappa shape index (κ2) is 15.5.